The second kappa shape index (κ2) is 16.6. The number of aryl methyl sites for hydroxylation is 3. The average molecular weight is 568 g/mol. The summed E-state index contributed by atoms with van der Waals surface area (Å²) < 4.78 is 10.6. The first-order valence-electron chi connectivity index (χ1n) is 12.8. The molecule has 1 N–H and O–H groups in total. The summed E-state index contributed by atoms with van der Waals surface area (Å²) in [6.45, 7) is 11.3. The van der Waals surface area contributed by atoms with Crippen LogP contribution in [0.5, 0.6) is 11.5 Å². The number of aliphatic hydroxyl groups excluding tert-OH is 1. The van der Waals surface area contributed by atoms with Gasteiger partial charge in [-0.3, -0.25) is 4.79 Å². The first kappa shape index (κ1) is 31.9. The predicted molar refractivity (Wildman–Crippen MR) is 162 cm³/mol. The van der Waals surface area contributed by atoms with E-state index in [1.165, 1.54) is 5.56 Å². The molecule has 4 rings (SSSR count). The number of ether oxygens (including phenoxy) is 2. The van der Waals surface area contributed by atoms with Gasteiger partial charge in [0.2, 0.25) is 0 Å². The number of halogens is 2. The molecule has 0 aromatic heterocycles. The molecule has 4 aromatic carbocycles. The van der Waals surface area contributed by atoms with Crippen LogP contribution >= 0.6 is 23.2 Å². The van der Waals surface area contributed by atoms with Gasteiger partial charge in [-0.25, -0.2) is 0 Å². The largest absolute Gasteiger partial charge is 0.494 e. The molecule has 0 amide bonds. The Bertz CT molecular complexity index is 1300. The molecule has 0 saturated heterocycles. The number of aliphatic hydroxyl groups is 1. The minimum atomic E-state index is -0.719. The summed E-state index contributed by atoms with van der Waals surface area (Å²) in [6, 6.07) is 26.5. The van der Waals surface area contributed by atoms with Crippen molar-refractivity contribution in [3.05, 3.63) is 128 Å². The predicted octanol–water partition coefficient (Wildman–Crippen LogP) is 8.98. The van der Waals surface area contributed by atoms with Crippen LogP contribution in [0.4, 0.5) is 0 Å². The lowest BCUT2D eigenvalue weighted by atomic mass is 10.00. The van der Waals surface area contributed by atoms with Gasteiger partial charge in [0.25, 0.3) is 0 Å². The average Bonchev–Trinajstić information content (AvgIpc) is 2.94. The fourth-order valence-corrected chi connectivity index (χ4v) is 3.90. The Morgan fingerprint density at radius 3 is 1.64 bits per heavy atom. The zero-order valence-electron chi connectivity index (χ0n) is 23.1. The summed E-state index contributed by atoms with van der Waals surface area (Å²) in [4.78, 5) is 10.3. The maximum Gasteiger partial charge on any atom is 0.151 e. The van der Waals surface area contributed by atoms with Crippen LogP contribution in [0.2, 0.25) is 10.0 Å². The molecule has 0 aliphatic carbocycles. The molecule has 0 aliphatic rings. The summed E-state index contributed by atoms with van der Waals surface area (Å²) in [5.41, 5.74) is 5.47. The first-order valence-corrected chi connectivity index (χ1v) is 13.5. The zero-order valence-corrected chi connectivity index (χ0v) is 24.6. The van der Waals surface area contributed by atoms with Crippen LogP contribution in [0, 0.1) is 20.8 Å². The number of rotatable bonds is 7. The Morgan fingerprint density at radius 2 is 1.15 bits per heavy atom. The minimum absolute atomic E-state index is 0.514. The third-order valence-corrected chi connectivity index (χ3v) is 6.25. The lowest BCUT2D eigenvalue weighted by Crippen LogP contribution is -2.01. The van der Waals surface area contributed by atoms with E-state index < -0.39 is 6.10 Å². The highest BCUT2D eigenvalue weighted by atomic mass is 35.5. The zero-order chi connectivity index (χ0) is 28.8. The lowest BCUT2D eigenvalue weighted by molar-refractivity contribution is 0.112. The van der Waals surface area contributed by atoms with Gasteiger partial charge in [0.05, 0.1) is 18.2 Å². The molecule has 39 heavy (non-hydrogen) atoms. The molecular weight excluding hydrogens is 531 g/mol. The van der Waals surface area contributed by atoms with Crippen LogP contribution in [0.3, 0.4) is 0 Å². The molecule has 206 valence electrons. The van der Waals surface area contributed by atoms with Crippen molar-refractivity contribution in [3.8, 4) is 11.5 Å². The maximum absolute atomic E-state index is 10.4. The summed E-state index contributed by atoms with van der Waals surface area (Å²) in [6.07, 6.45) is 0.0399. The summed E-state index contributed by atoms with van der Waals surface area (Å²) in [7, 11) is 0. The van der Waals surface area contributed by atoms with E-state index in [1.807, 2.05) is 100 Å². The molecule has 1 unspecified atom stereocenters. The van der Waals surface area contributed by atoms with Crippen LogP contribution in [-0.2, 0) is 0 Å². The molecule has 0 aliphatic heterocycles. The molecule has 0 radical (unpaired) electrons. The normalized spacial score (nSPS) is 10.8. The van der Waals surface area contributed by atoms with Gasteiger partial charge < -0.3 is 14.6 Å². The van der Waals surface area contributed by atoms with Crippen molar-refractivity contribution < 1.29 is 19.4 Å². The smallest absolute Gasteiger partial charge is 0.151 e. The molecule has 4 nitrogen and oxygen atoms in total. The molecule has 1 atom stereocenters. The Labute approximate surface area is 242 Å². The van der Waals surface area contributed by atoms with Crippen LogP contribution in [0.15, 0.2) is 84.9 Å². The number of hydrogen-bond donors (Lipinski definition) is 1. The number of aldehydes is 1. The van der Waals surface area contributed by atoms with Crippen LogP contribution in [0.25, 0.3) is 0 Å². The van der Waals surface area contributed by atoms with Crippen molar-refractivity contribution >= 4 is 29.5 Å². The summed E-state index contributed by atoms with van der Waals surface area (Å²) >= 11 is 11.8. The SMILES string of the molecule is CCOc1ccc(C(O)c2cc(C)ccc2Cl)cc1.CCOc1ccc(C)cc1.Cc1ccc(Cl)c(C=O)c1. The molecule has 0 bridgehead atoms. The van der Waals surface area contributed by atoms with Crippen LogP contribution in [-0.4, -0.2) is 24.6 Å². The highest BCUT2D eigenvalue weighted by molar-refractivity contribution is 6.33. The van der Waals surface area contributed by atoms with Gasteiger partial charge in [-0.05, 0) is 82.6 Å². The van der Waals surface area contributed by atoms with Crippen molar-refractivity contribution in [2.24, 2.45) is 0 Å². The highest BCUT2D eigenvalue weighted by Gasteiger charge is 2.14. The molecule has 4 aromatic rings. The second-order valence-corrected chi connectivity index (χ2v) is 9.63. The van der Waals surface area contributed by atoms with E-state index in [9.17, 15) is 9.90 Å². The molecule has 0 fully saturated rings. The van der Waals surface area contributed by atoms with Gasteiger partial charge in [0.1, 0.15) is 17.6 Å². The van der Waals surface area contributed by atoms with Crippen molar-refractivity contribution in [1.29, 1.82) is 0 Å². The van der Waals surface area contributed by atoms with E-state index in [-0.39, 0.29) is 0 Å². The maximum atomic E-state index is 10.4. The molecule has 0 spiro atoms. The Balaban J connectivity index is 0.000000225. The topological polar surface area (TPSA) is 55.8 Å². The number of hydrogen-bond acceptors (Lipinski definition) is 4. The lowest BCUT2D eigenvalue weighted by Gasteiger charge is -2.14. The third-order valence-electron chi connectivity index (χ3n) is 5.56. The molecule has 0 saturated carbocycles. The van der Waals surface area contributed by atoms with Crippen LogP contribution in [0.1, 0.15) is 58.1 Å². The minimum Gasteiger partial charge on any atom is -0.494 e. The van der Waals surface area contributed by atoms with Gasteiger partial charge in [-0.2, -0.15) is 0 Å². The standard InChI is InChI=1S/C16H17ClO2.C9H12O.C8H7ClO/c1-3-19-13-7-5-12(6-8-13)16(18)14-10-11(2)4-9-15(14)17;1-3-10-9-6-4-8(2)5-7-9;1-6-2-3-8(9)7(4-6)5-10/h4-10,16,18H,3H2,1-2H3;4-7H,3H2,1-2H3;2-5H,1H3. The molecule has 0 heterocycles. The third kappa shape index (κ3) is 10.8. The van der Waals surface area contributed by atoms with E-state index in [0.717, 1.165) is 46.6 Å². The van der Waals surface area contributed by atoms with Gasteiger partial charge >= 0.3 is 0 Å². The van der Waals surface area contributed by atoms with Gasteiger partial charge in [-0.15, -0.1) is 0 Å². The van der Waals surface area contributed by atoms with E-state index in [0.29, 0.717) is 22.2 Å². The van der Waals surface area contributed by atoms with E-state index in [4.69, 9.17) is 32.7 Å². The number of benzene rings is 4. The highest BCUT2D eigenvalue weighted by Crippen LogP contribution is 2.30. The van der Waals surface area contributed by atoms with E-state index in [1.54, 1.807) is 12.1 Å². The van der Waals surface area contributed by atoms with Crippen molar-refractivity contribution in [3.63, 3.8) is 0 Å². The Morgan fingerprint density at radius 1 is 0.692 bits per heavy atom. The Hall–Kier alpha value is -3.31. The summed E-state index contributed by atoms with van der Waals surface area (Å²) in [5, 5.41) is 11.5. The number of carbonyl (C=O) groups is 1. The van der Waals surface area contributed by atoms with E-state index >= 15 is 0 Å². The quantitative estimate of drug-likeness (QED) is 0.227. The van der Waals surface area contributed by atoms with Crippen molar-refractivity contribution in [2.45, 2.75) is 40.7 Å². The fraction of sp³-hybridized carbons (Fsp3) is 0.242. The monoisotopic (exact) mass is 566 g/mol. The molecule has 6 heteroatoms. The fourth-order valence-electron chi connectivity index (χ4n) is 3.52. The van der Waals surface area contributed by atoms with E-state index in [2.05, 4.69) is 6.92 Å². The van der Waals surface area contributed by atoms with Crippen molar-refractivity contribution in [2.75, 3.05) is 13.2 Å². The number of carbonyl (C=O) groups excluding carboxylic acids is 1. The van der Waals surface area contributed by atoms with Crippen molar-refractivity contribution in [1.82, 2.24) is 0 Å². The summed E-state index contributed by atoms with van der Waals surface area (Å²) in [5.74, 6) is 1.75. The molecular formula is C33H36Cl2O4. The van der Waals surface area contributed by atoms with Gasteiger partial charge in [0.15, 0.2) is 6.29 Å². The first-order chi connectivity index (χ1) is 18.7. The van der Waals surface area contributed by atoms with Gasteiger partial charge in [-0.1, -0.05) is 82.4 Å². The second-order valence-electron chi connectivity index (χ2n) is 8.82. The Kier molecular flexibility index (Phi) is 13.6. The van der Waals surface area contributed by atoms with Crippen LogP contribution < -0.4 is 9.47 Å². The van der Waals surface area contributed by atoms with Gasteiger partial charge in [0, 0.05) is 16.1 Å².